The highest BCUT2D eigenvalue weighted by molar-refractivity contribution is 7.23. The number of carbonyl (C=O) groups excluding carboxylic acids is 1. The Morgan fingerprint density at radius 2 is 2.06 bits per heavy atom. The lowest BCUT2D eigenvalue weighted by Gasteiger charge is -2.19. The summed E-state index contributed by atoms with van der Waals surface area (Å²) in [6.07, 6.45) is 5.19. The number of anilines is 1. The van der Waals surface area contributed by atoms with E-state index in [1.54, 1.807) is 42.7 Å². The van der Waals surface area contributed by atoms with Gasteiger partial charge in [-0.05, 0) is 29.8 Å². The van der Waals surface area contributed by atoms with Crippen molar-refractivity contribution in [2.24, 2.45) is 0 Å². The van der Waals surface area contributed by atoms with Gasteiger partial charge in [0.05, 0.1) is 28.9 Å². The molecule has 154 valence electrons. The van der Waals surface area contributed by atoms with Crippen molar-refractivity contribution in [2.45, 2.75) is 6.54 Å². The summed E-state index contributed by atoms with van der Waals surface area (Å²) in [6.45, 7) is 0.325. The highest BCUT2D eigenvalue weighted by Crippen LogP contribution is 2.39. The molecule has 0 fully saturated rings. The van der Waals surface area contributed by atoms with Crippen molar-refractivity contribution in [1.29, 1.82) is 0 Å². The quantitative estimate of drug-likeness (QED) is 0.375. The molecule has 0 unspecified atom stereocenters. The number of hydrogen-bond donors (Lipinski definition) is 1. The largest absolute Gasteiger partial charge is 0.494 e. The van der Waals surface area contributed by atoms with E-state index >= 15 is 0 Å². The van der Waals surface area contributed by atoms with Crippen molar-refractivity contribution in [3.05, 3.63) is 83.3 Å². The molecular weight excluding hydrogens is 432 g/mol. The Balaban J connectivity index is 1.65. The van der Waals surface area contributed by atoms with Crippen LogP contribution in [0, 0.1) is 0 Å². The number of amides is 1. The van der Waals surface area contributed by atoms with E-state index in [-0.39, 0.29) is 5.91 Å². The number of hydrogen-bond acceptors (Lipinski definition) is 5. The Hall–Kier alpha value is -3.42. The number of pyridine rings is 1. The minimum Gasteiger partial charge on any atom is -0.494 e. The maximum absolute atomic E-state index is 13.7. The second kappa shape index (κ2) is 8.02. The summed E-state index contributed by atoms with van der Waals surface area (Å²) in [5, 5.41) is 1.97. The summed E-state index contributed by atoms with van der Waals surface area (Å²) in [5.74, 6) is 0.457. The van der Waals surface area contributed by atoms with Crippen LogP contribution in [0.5, 0.6) is 5.75 Å². The zero-order chi connectivity index (χ0) is 21.4. The summed E-state index contributed by atoms with van der Waals surface area (Å²) in [6, 6.07) is 15.1. The van der Waals surface area contributed by atoms with Gasteiger partial charge in [0.1, 0.15) is 11.3 Å². The van der Waals surface area contributed by atoms with E-state index in [4.69, 9.17) is 21.3 Å². The lowest BCUT2D eigenvalue weighted by molar-refractivity contribution is 0.0986. The van der Waals surface area contributed by atoms with Crippen LogP contribution in [0.1, 0.15) is 15.9 Å². The van der Waals surface area contributed by atoms with E-state index in [0.717, 1.165) is 21.2 Å². The molecule has 5 aromatic rings. The Morgan fingerprint density at radius 3 is 2.87 bits per heavy atom. The molecule has 8 heteroatoms. The number of carbonyl (C=O) groups is 1. The van der Waals surface area contributed by atoms with Gasteiger partial charge in [-0.1, -0.05) is 47.2 Å². The summed E-state index contributed by atoms with van der Waals surface area (Å²) < 4.78 is 6.23. The normalized spacial score (nSPS) is 11.2. The van der Waals surface area contributed by atoms with Gasteiger partial charge >= 0.3 is 0 Å². The lowest BCUT2D eigenvalue weighted by Crippen LogP contribution is -2.30. The maximum Gasteiger partial charge on any atom is 0.262 e. The minimum absolute atomic E-state index is 0.157. The average molecular weight is 449 g/mol. The zero-order valence-electron chi connectivity index (χ0n) is 16.5. The Labute approximate surface area is 187 Å². The molecule has 0 saturated heterocycles. The van der Waals surface area contributed by atoms with Gasteiger partial charge in [0.25, 0.3) is 5.91 Å². The summed E-state index contributed by atoms with van der Waals surface area (Å²) >= 11 is 7.78. The first-order valence-corrected chi connectivity index (χ1v) is 10.7. The molecule has 0 atom stereocenters. The molecule has 3 heterocycles. The molecule has 6 nitrogen and oxygen atoms in total. The lowest BCUT2D eigenvalue weighted by atomic mass is 10.1. The number of benzene rings is 2. The molecule has 1 N–H and O–H groups in total. The summed E-state index contributed by atoms with van der Waals surface area (Å²) in [4.78, 5) is 27.5. The van der Waals surface area contributed by atoms with Gasteiger partial charge in [-0.15, -0.1) is 0 Å². The molecule has 31 heavy (non-hydrogen) atoms. The molecule has 0 radical (unpaired) electrons. The molecule has 0 bridgehead atoms. The molecule has 0 aliphatic heterocycles. The molecule has 1 amide bonds. The first-order chi connectivity index (χ1) is 15.2. The third-order valence-corrected chi connectivity index (χ3v) is 6.56. The molecule has 0 aliphatic rings. The molecule has 0 saturated carbocycles. The first kappa shape index (κ1) is 19.5. The number of ether oxygens (including phenoxy) is 1. The highest BCUT2D eigenvalue weighted by atomic mass is 35.5. The van der Waals surface area contributed by atoms with Gasteiger partial charge in [0, 0.05) is 29.5 Å². The second-order valence-corrected chi connectivity index (χ2v) is 8.31. The van der Waals surface area contributed by atoms with Crippen molar-refractivity contribution < 1.29 is 9.53 Å². The third-order valence-electron chi connectivity index (χ3n) is 5.03. The fourth-order valence-electron chi connectivity index (χ4n) is 3.52. The summed E-state index contributed by atoms with van der Waals surface area (Å²) in [5.41, 5.74) is 3.02. The van der Waals surface area contributed by atoms with Gasteiger partial charge in [-0.25, -0.2) is 4.98 Å². The number of nitrogens with one attached hydrogen (secondary N) is 1. The number of methoxy groups -OCH3 is 1. The number of thiazole rings is 1. The van der Waals surface area contributed by atoms with Crippen molar-refractivity contribution in [3.8, 4) is 5.75 Å². The van der Waals surface area contributed by atoms with E-state index in [2.05, 4.69) is 9.97 Å². The molecule has 2 aromatic carbocycles. The standard InChI is InChI=1S/C23H17ClN4O2S/c1-30-19-9-8-17(24)21-20(19)27-23(31-21)28(13-14-5-4-10-25-11-14)22(29)16-12-26-18-7-3-2-6-15(16)18/h2-12,26H,13H2,1H3. The molecule has 0 aliphatic carbocycles. The number of rotatable bonds is 5. The van der Waals surface area contributed by atoms with Gasteiger partial charge in [0.2, 0.25) is 0 Å². The van der Waals surface area contributed by atoms with E-state index in [1.807, 2.05) is 36.4 Å². The number of fused-ring (bicyclic) bond motifs is 2. The SMILES string of the molecule is COc1ccc(Cl)c2sc(N(Cc3cccnc3)C(=O)c3c[nH]c4ccccc34)nc12. The fourth-order valence-corrected chi connectivity index (χ4v) is 4.77. The van der Waals surface area contributed by atoms with Crippen molar-refractivity contribution >= 4 is 55.1 Å². The number of aromatic amines is 1. The van der Waals surface area contributed by atoms with E-state index in [9.17, 15) is 4.79 Å². The van der Waals surface area contributed by atoms with Crippen LogP contribution in [-0.2, 0) is 6.54 Å². The van der Waals surface area contributed by atoms with Crippen LogP contribution >= 0.6 is 22.9 Å². The van der Waals surface area contributed by atoms with Gasteiger partial charge < -0.3 is 9.72 Å². The van der Waals surface area contributed by atoms with E-state index in [0.29, 0.717) is 33.5 Å². The van der Waals surface area contributed by atoms with E-state index < -0.39 is 0 Å². The molecule has 3 aromatic heterocycles. The Morgan fingerprint density at radius 1 is 1.19 bits per heavy atom. The number of para-hydroxylation sites is 1. The van der Waals surface area contributed by atoms with Crippen LogP contribution in [0.2, 0.25) is 5.02 Å². The third kappa shape index (κ3) is 3.52. The van der Waals surface area contributed by atoms with Gasteiger partial charge in [0.15, 0.2) is 5.13 Å². The van der Waals surface area contributed by atoms with Crippen LogP contribution < -0.4 is 9.64 Å². The topological polar surface area (TPSA) is 71.1 Å². The van der Waals surface area contributed by atoms with E-state index in [1.165, 1.54) is 11.3 Å². The number of H-pyrrole nitrogens is 1. The molecule has 5 rings (SSSR count). The predicted molar refractivity (Wildman–Crippen MR) is 124 cm³/mol. The van der Waals surface area contributed by atoms with Crippen LogP contribution in [0.4, 0.5) is 5.13 Å². The minimum atomic E-state index is -0.157. The maximum atomic E-state index is 13.7. The van der Waals surface area contributed by atoms with Crippen LogP contribution in [0.25, 0.3) is 21.1 Å². The molecule has 0 spiro atoms. The monoisotopic (exact) mass is 448 g/mol. The van der Waals surface area contributed by atoms with Crippen LogP contribution in [0.15, 0.2) is 67.1 Å². The zero-order valence-corrected chi connectivity index (χ0v) is 18.1. The highest BCUT2D eigenvalue weighted by Gasteiger charge is 2.25. The van der Waals surface area contributed by atoms with Gasteiger partial charge in [-0.2, -0.15) is 0 Å². The summed E-state index contributed by atoms with van der Waals surface area (Å²) in [7, 11) is 1.59. The molecular formula is C23H17ClN4O2S. The predicted octanol–water partition coefficient (Wildman–Crippen LogP) is 5.68. The average Bonchev–Trinajstić information content (AvgIpc) is 3.43. The van der Waals surface area contributed by atoms with Crippen LogP contribution in [-0.4, -0.2) is 28.0 Å². The Bertz CT molecular complexity index is 1400. The number of halogens is 1. The van der Waals surface area contributed by atoms with Crippen molar-refractivity contribution in [3.63, 3.8) is 0 Å². The van der Waals surface area contributed by atoms with Crippen molar-refractivity contribution in [1.82, 2.24) is 15.0 Å². The first-order valence-electron chi connectivity index (χ1n) is 9.55. The smallest absolute Gasteiger partial charge is 0.262 e. The Kier molecular flexibility index (Phi) is 5.05. The fraction of sp³-hybridized carbons (Fsp3) is 0.0870. The van der Waals surface area contributed by atoms with Gasteiger partial charge in [-0.3, -0.25) is 14.7 Å². The van der Waals surface area contributed by atoms with Crippen molar-refractivity contribution in [2.75, 3.05) is 12.0 Å². The number of aromatic nitrogens is 3. The van der Waals surface area contributed by atoms with Crippen LogP contribution in [0.3, 0.4) is 0 Å². The second-order valence-electron chi connectivity index (χ2n) is 6.92. The number of nitrogens with zero attached hydrogens (tertiary/aromatic N) is 3.